The van der Waals surface area contributed by atoms with Crippen LogP contribution < -0.4 is 5.32 Å². The predicted molar refractivity (Wildman–Crippen MR) is 88.0 cm³/mol. The van der Waals surface area contributed by atoms with Gasteiger partial charge in [-0.05, 0) is 43.3 Å². The van der Waals surface area contributed by atoms with E-state index in [-0.39, 0.29) is 10.6 Å². The van der Waals surface area contributed by atoms with Crippen LogP contribution in [0, 0.1) is 15.9 Å². The van der Waals surface area contributed by atoms with E-state index in [1.165, 1.54) is 25.1 Å². The third kappa shape index (κ3) is 4.74. The molecule has 130 valence electrons. The zero-order chi connectivity index (χ0) is 18.6. The molecule has 0 saturated carbocycles. The summed E-state index contributed by atoms with van der Waals surface area (Å²) in [5, 5.41) is 13.5. The maximum atomic E-state index is 12.8. The number of hydrogen-bond donors (Lipinski definition) is 1. The van der Waals surface area contributed by atoms with Gasteiger partial charge in [0.2, 0.25) is 0 Å². The molecule has 2 rings (SSSR count). The molecule has 0 bridgehead atoms. The summed E-state index contributed by atoms with van der Waals surface area (Å²) in [6.45, 7) is 1.30. The van der Waals surface area contributed by atoms with Crippen molar-refractivity contribution in [3.05, 3.63) is 69.0 Å². The molecular formula is C16H12ClFN2O5. The number of halogens is 2. The third-order valence-corrected chi connectivity index (χ3v) is 3.38. The maximum absolute atomic E-state index is 12.8. The molecule has 0 fully saturated rings. The number of nitrogens with zero attached hydrogens (tertiary/aromatic N) is 1. The molecule has 1 amide bonds. The fourth-order valence-corrected chi connectivity index (χ4v) is 2.05. The molecule has 0 saturated heterocycles. The van der Waals surface area contributed by atoms with E-state index in [1.54, 1.807) is 0 Å². The van der Waals surface area contributed by atoms with Gasteiger partial charge < -0.3 is 10.1 Å². The van der Waals surface area contributed by atoms with Crippen molar-refractivity contribution in [2.45, 2.75) is 13.0 Å². The van der Waals surface area contributed by atoms with Gasteiger partial charge in [0, 0.05) is 16.8 Å². The molecule has 25 heavy (non-hydrogen) atoms. The van der Waals surface area contributed by atoms with Crippen molar-refractivity contribution >= 4 is 34.9 Å². The quantitative estimate of drug-likeness (QED) is 0.495. The van der Waals surface area contributed by atoms with Crippen LogP contribution in [-0.2, 0) is 9.53 Å². The number of carbonyl (C=O) groups is 2. The van der Waals surface area contributed by atoms with Crippen LogP contribution in [0.3, 0.4) is 0 Å². The first-order valence-corrected chi connectivity index (χ1v) is 7.37. The molecule has 2 aromatic rings. The monoisotopic (exact) mass is 366 g/mol. The van der Waals surface area contributed by atoms with Crippen LogP contribution in [0.5, 0.6) is 0 Å². The molecule has 7 nitrogen and oxygen atoms in total. The number of nitrogens with one attached hydrogen (secondary N) is 1. The lowest BCUT2D eigenvalue weighted by atomic mass is 10.2. The molecule has 0 aliphatic rings. The fraction of sp³-hybridized carbons (Fsp3) is 0.125. The highest BCUT2D eigenvalue weighted by molar-refractivity contribution is 6.31. The van der Waals surface area contributed by atoms with Crippen molar-refractivity contribution in [3.63, 3.8) is 0 Å². The van der Waals surface area contributed by atoms with Gasteiger partial charge in [-0.3, -0.25) is 14.9 Å². The lowest BCUT2D eigenvalue weighted by molar-refractivity contribution is -0.385. The lowest BCUT2D eigenvalue weighted by Gasteiger charge is -2.13. The van der Waals surface area contributed by atoms with E-state index in [0.717, 1.165) is 24.3 Å². The molecule has 0 aliphatic carbocycles. The normalized spacial score (nSPS) is 11.5. The Kier molecular flexibility index (Phi) is 5.66. The minimum Gasteiger partial charge on any atom is -0.449 e. The van der Waals surface area contributed by atoms with Crippen LogP contribution in [0.25, 0.3) is 0 Å². The number of esters is 1. The van der Waals surface area contributed by atoms with Crippen molar-refractivity contribution in [3.8, 4) is 0 Å². The van der Waals surface area contributed by atoms with Crippen LogP contribution >= 0.6 is 11.6 Å². The second kappa shape index (κ2) is 7.71. The van der Waals surface area contributed by atoms with Crippen molar-refractivity contribution in [2.75, 3.05) is 5.32 Å². The number of amides is 1. The topological polar surface area (TPSA) is 98.5 Å². The van der Waals surface area contributed by atoms with Crippen molar-refractivity contribution in [1.29, 1.82) is 0 Å². The second-order valence-electron chi connectivity index (χ2n) is 4.96. The molecule has 9 heteroatoms. The van der Waals surface area contributed by atoms with Crippen LogP contribution in [0.15, 0.2) is 42.5 Å². The van der Waals surface area contributed by atoms with Gasteiger partial charge in [0.25, 0.3) is 11.6 Å². The molecule has 0 heterocycles. The number of nitro benzene ring substituents is 1. The smallest absolute Gasteiger partial charge is 0.345 e. The van der Waals surface area contributed by atoms with Crippen molar-refractivity contribution in [1.82, 2.24) is 0 Å². The highest BCUT2D eigenvalue weighted by Crippen LogP contribution is 2.24. The number of ether oxygens (including phenoxy) is 1. The standard InChI is InChI=1S/C16H12ClFN2O5/c1-9(15(21)19-12-5-3-11(18)4-6-12)25-16(22)13-7-2-10(17)8-14(13)20(23)24/h2-9H,1H3,(H,19,21). The molecule has 2 aromatic carbocycles. The van der Waals surface area contributed by atoms with Gasteiger partial charge in [0.15, 0.2) is 6.10 Å². The summed E-state index contributed by atoms with van der Waals surface area (Å²) in [6, 6.07) is 8.45. The molecule has 0 aromatic heterocycles. The van der Waals surface area contributed by atoms with Crippen LogP contribution in [-0.4, -0.2) is 22.9 Å². The van der Waals surface area contributed by atoms with E-state index in [0.29, 0.717) is 5.69 Å². The average molecular weight is 367 g/mol. The number of hydrogen-bond acceptors (Lipinski definition) is 5. The number of nitro groups is 1. The Hall–Kier alpha value is -3.00. The minimum atomic E-state index is -1.23. The first-order valence-electron chi connectivity index (χ1n) is 6.99. The number of anilines is 1. The number of rotatable bonds is 5. The lowest BCUT2D eigenvalue weighted by Crippen LogP contribution is -2.30. The van der Waals surface area contributed by atoms with Gasteiger partial charge in [0.1, 0.15) is 11.4 Å². The van der Waals surface area contributed by atoms with Crippen LogP contribution in [0.4, 0.5) is 15.8 Å². The molecule has 0 spiro atoms. The SMILES string of the molecule is CC(OC(=O)c1ccc(Cl)cc1[N+](=O)[O-])C(=O)Nc1ccc(F)cc1. The molecule has 1 atom stereocenters. The van der Waals surface area contributed by atoms with Gasteiger partial charge in [0.05, 0.1) is 4.92 Å². The first kappa shape index (κ1) is 18.3. The minimum absolute atomic E-state index is 0.0883. The van der Waals surface area contributed by atoms with E-state index in [1.807, 2.05) is 0 Å². The van der Waals surface area contributed by atoms with Crippen LogP contribution in [0.2, 0.25) is 5.02 Å². The van der Waals surface area contributed by atoms with Gasteiger partial charge in [-0.1, -0.05) is 11.6 Å². The molecule has 0 aliphatic heterocycles. The van der Waals surface area contributed by atoms with Gasteiger partial charge in [-0.2, -0.15) is 0 Å². The van der Waals surface area contributed by atoms with Crippen LogP contribution in [0.1, 0.15) is 17.3 Å². The van der Waals surface area contributed by atoms with E-state index in [4.69, 9.17) is 16.3 Å². The molecular weight excluding hydrogens is 355 g/mol. The molecule has 1 N–H and O–H groups in total. The van der Waals surface area contributed by atoms with Gasteiger partial charge in [-0.25, -0.2) is 9.18 Å². The zero-order valence-corrected chi connectivity index (χ0v) is 13.6. The summed E-state index contributed by atoms with van der Waals surface area (Å²) in [5.41, 5.74) is -0.536. The Morgan fingerprint density at radius 3 is 2.48 bits per heavy atom. The Morgan fingerprint density at radius 1 is 1.24 bits per heavy atom. The second-order valence-corrected chi connectivity index (χ2v) is 5.40. The fourth-order valence-electron chi connectivity index (χ4n) is 1.88. The summed E-state index contributed by atoms with van der Waals surface area (Å²) < 4.78 is 17.8. The third-order valence-electron chi connectivity index (χ3n) is 3.14. The summed E-state index contributed by atoms with van der Waals surface area (Å²) in [6.07, 6.45) is -1.23. The summed E-state index contributed by atoms with van der Waals surface area (Å²) in [7, 11) is 0. The van der Waals surface area contributed by atoms with Gasteiger partial charge >= 0.3 is 5.97 Å². The predicted octanol–water partition coefficient (Wildman–Crippen LogP) is 3.57. The Labute approximate surface area is 146 Å². The number of carbonyl (C=O) groups excluding carboxylic acids is 2. The Balaban J connectivity index is 2.08. The Morgan fingerprint density at radius 2 is 1.88 bits per heavy atom. The average Bonchev–Trinajstić information content (AvgIpc) is 2.56. The Bertz CT molecular complexity index is 826. The van der Waals surface area contributed by atoms with E-state index >= 15 is 0 Å². The molecule has 1 unspecified atom stereocenters. The number of benzene rings is 2. The summed E-state index contributed by atoms with van der Waals surface area (Å²) in [4.78, 5) is 34.3. The van der Waals surface area contributed by atoms with Gasteiger partial charge in [-0.15, -0.1) is 0 Å². The summed E-state index contributed by atoms with van der Waals surface area (Å²) in [5.74, 6) is -2.17. The highest BCUT2D eigenvalue weighted by atomic mass is 35.5. The largest absolute Gasteiger partial charge is 0.449 e. The summed E-state index contributed by atoms with van der Waals surface area (Å²) >= 11 is 5.68. The maximum Gasteiger partial charge on any atom is 0.345 e. The first-order chi connectivity index (χ1) is 11.8. The van der Waals surface area contributed by atoms with E-state index < -0.39 is 34.4 Å². The van der Waals surface area contributed by atoms with Crippen molar-refractivity contribution < 1.29 is 23.6 Å². The highest BCUT2D eigenvalue weighted by Gasteiger charge is 2.25. The van der Waals surface area contributed by atoms with Crippen molar-refractivity contribution in [2.24, 2.45) is 0 Å². The van der Waals surface area contributed by atoms with E-state index in [9.17, 15) is 24.1 Å². The van der Waals surface area contributed by atoms with E-state index in [2.05, 4.69) is 5.32 Å². The molecule has 0 radical (unpaired) electrons. The zero-order valence-electron chi connectivity index (χ0n) is 12.9.